The molecule has 0 heterocycles. The zero-order chi connectivity index (χ0) is 16.5. The van der Waals surface area contributed by atoms with Crippen molar-refractivity contribution in [3.63, 3.8) is 0 Å². The second-order valence-corrected chi connectivity index (χ2v) is 5.95. The van der Waals surface area contributed by atoms with E-state index in [2.05, 4.69) is 65.7 Å². The summed E-state index contributed by atoms with van der Waals surface area (Å²) in [5.41, 5.74) is 2.59. The maximum Gasteiger partial charge on any atom is 0.217 e. The Bertz CT molecular complexity index is 542. The number of nitrogens with zero attached hydrogens (tertiary/aromatic N) is 1. The first kappa shape index (κ1) is 17.2. The van der Waals surface area contributed by atoms with E-state index < -0.39 is 0 Å². The fourth-order valence-corrected chi connectivity index (χ4v) is 2.74. The van der Waals surface area contributed by atoms with Crippen LogP contribution < -0.4 is 5.32 Å². The number of rotatable bonds is 8. The van der Waals surface area contributed by atoms with Gasteiger partial charge in [-0.3, -0.25) is 9.69 Å². The van der Waals surface area contributed by atoms with Gasteiger partial charge in [0.25, 0.3) is 0 Å². The second kappa shape index (κ2) is 9.11. The summed E-state index contributed by atoms with van der Waals surface area (Å²) in [6.07, 6.45) is 0.930. The third-order valence-electron chi connectivity index (χ3n) is 3.88. The van der Waals surface area contributed by atoms with Crippen LogP contribution in [0.3, 0.4) is 0 Å². The average Bonchev–Trinajstić information content (AvgIpc) is 2.55. The molecule has 122 valence electrons. The first-order valence-corrected chi connectivity index (χ1v) is 8.24. The van der Waals surface area contributed by atoms with E-state index in [0.717, 1.165) is 26.1 Å². The zero-order valence-electron chi connectivity index (χ0n) is 14.0. The Kier molecular flexibility index (Phi) is 6.82. The molecule has 0 aliphatic carbocycles. The lowest BCUT2D eigenvalue weighted by molar-refractivity contribution is -0.119. The number of hydrogen-bond acceptors (Lipinski definition) is 2. The van der Waals surface area contributed by atoms with Crippen molar-refractivity contribution in [2.75, 3.05) is 6.54 Å². The summed E-state index contributed by atoms with van der Waals surface area (Å²) in [5, 5.41) is 3.05. The highest BCUT2D eigenvalue weighted by Gasteiger charge is 2.14. The number of hydrogen-bond donors (Lipinski definition) is 1. The third kappa shape index (κ3) is 6.25. The molecule has 0 fully saturated rings. The highest BCUT2D eigenvalue weighted by Crippen LogP contribution is 2.11. The Hall–Kier alpha value is -2.13. The first-order chi connectivity index (χ1) is 11.2. The molecular weight excluding hydrogens is 284 g/mol. The van der Waals surface area contributed by atoms with Gasteiger partial charge in [0.1, 0.15) is 0 Å². The Morgan fingerprint density at radius 2 is 1.43 bits per heavy atom. The minimum atomic E-state index is 0.0382. The molecule has 3 heteroatoms. The lowest BCUT2D eigenvalue weighted by Gasteiger charge is -2.27. The van der Waals surface area contributed by atoms with Crippen LogP contribution in [-0.4, -0.2) is 23.4 Å². The quantitative estimate of drug-likeness (QED) is 0.808. The molecular formula is C20H26N2O. The van der Waals surface area contributed by atoms with Crippen molar-refractivity contribution in [3.8, 4) is 0 Å². The van der Waals surface area contributed by atoms with Crippen LogP contribution in [0, 0.1) is 0 Å². The Labute approximate surface area is 139 Å². The van der Waals surface area contributed by atoms with Gasteiger partial charge < -0.3 is 5.32 Å². The highest BCUT2D eigenvalue weighted by molar-refractivity contribution is 5.73. The summed E-state index contributed by atoms with van der Waals surface area (Å²) < 4.78 is 0. The van der Waals surface area contributed by atoms with Crippen molar-refractivity contribution in [2.45, 2.75) is 39.4 Å². The summed E-state index contributed by atoms with van der Waals surface area (Å²) in [6, 6.07) is 21.1. The highest BCUT2D eigenvalue weighted by atomic mass is 16.1. The van der Waals surface area contributed by atoms with Crippen molar-refractivity contribution in [3.05, 3.63) is 71.8 Å². The number of nitrogens with one attached hydrogen (secondary N) is 1. The number of carbonyl (C=O) groups excluding carboxylic acids is 1. The molecule has 0 radical (unpaired) electrons. The SMILES string of the molecule is CC[C@H](CN(Cc1ccccc1)Cc1ccccc1)NC(C)=O. The van der Waals surface area contributed by atoms with E-state index in [-0.39, 0.29) is 11.9 Å². The van der Waals surface area contributed by atoms with Gasteiger partial charge in [0, 0.05) is 32.6 Å². The number of amides is 1. The average molecular weight is 310 g/mol. The molecule has 3 nitrogen and oxygen atoms in total. The van der Waals surface area contributed by atoms with Crippen molar-refractivity contribution < 1.29 is 4.79 Å². The lowest BCUT2D eigenvalue weighted by atomic mass is 10.1. The summed E-state index contributed by atoms with van der Waals surface area (Å²) >= 11 is 0. The smallest absolute Gasteiger partial charge is 0.217 e. The minimum Gasteiger partial charge on any atom is -0.352 e. The molecule has 23 heavy (non-hydrogen) atoms. The van der Waals surface area contributed by atoms with Gasteiger partial charge in [-0.15, -0.1) is 0 Å². The van der Waals surface area contributed by atoms with E-state index >= 15 is 0 Å². The maximum absolute atomic E-state index is 11.4. The van der Waals surface area contributed by atoms with Crippen molar-refractivity contribution in [1.82, 2.24) is 10.2 Å². The van der Waals surface area contributed by atoms with Crippen molar-refractivity contribution in [2.24, 2.45) is 0 Å². The van der Waals surface area contributed by atoms with Gasteiger partial charge in [-0.2, -0.15) is 0 Å². The Balaban J connectivity index is 2.08. The molecule has 0 aliphatic rings. The molecule has 0 saturated carbocycles. The molecule has 0 aliphatic heterocycles. The van der Waals surface area contributed by atoms with E-state index in [1.807, 2.05) is 12.1 Å². The molecule has 0 unspecified atom stereocenters. The molecule has 0 spiro atoms. The second-order valence-electron chi connectivity index (χ2n) is 5.95. The van der Waals surface area contributed by atoms with Crippen molar-refractivity contribution >= 4 is 5.91 Å². The van der Waals surface area contributed by atoms with Gasteiger partial charge in [-0.25, -0.2) is 0 Å². The lowest BCUT2D eigenvalue weighted by Crippen LogP contribution is -2.42. The number of benzene rings is 2. The first-order valence-electron chi connectivity index (χ1n) is 8.24. The van der Waals surface area contributed by atoms with Crippen LogP contribution in [0.15, 0.2) is 60.7 Å². The molecule has 1 N–H and O–H groups in total. The van der Waals surface area contributed by atoms with Crippen LogP contribution in [0.5, 0.6) is 0 Å². The third-order valence-corrected chi connectivity index (χ3v) is 3.88. The summed E-state index contributed by atoms with van der Waals surface area (Å²) in [5.74, 6) is 0.0382. The fourth-order valence-electron chi connectivity index (χ4n) is 2.74. The summed E-state index contributed by atoms with van der Waals surface area (Å²) in [7, 11) is 0. The normalized spacial score (nSPS) is 12.1. The zero-order valence-corrected chi connectivity index (χ0v) is 14.0. The van der Waals surface area contributed by atoms with Crippen LogP contribution in [0.2, 0.25) is 0 Å². The number of carbonyl (C=O) groups is 1. The van der Waals surface area contributed by atoms with Crippen LogP contribution in [0.1, 0.15) is 31.4 Å². The Morgan fingerprint density at radius 1 is 0.957 bits per heavy atom. The van der Waals surface area contributed by atoms with Gasteiger partial charge >= 0.3 is 0 Å². The van der Waals surface area contributed by atoms with E-state index in [9.17, 15) is 4.79 Å². The van der Waals surface area contributed by atoms with Gasteiger partial charge in [-0.05, 0) is 17.5 Å². The summed E-state index contributed by atoms with van der Waals surface area (Å²) in [4.78, 5) is 13.8. The van der Waals surface area contributed by atoms with E-state index in [4.69, 9.17) is 0 Å². The minimum absolute atomic E-state index is 0.0382. The predicted molar refractivity (Wildman–Crippen MR) is 94.9 cm³/mol. The van der Waals surface area contributed by atoms with E-state index in [1.165, 1.54) is 11.1 Å². The van der Waals surface area contributed by atoms with E-state index in [0.29, 0.717) is 0 Å². The van der Waals surface area contributed by atoms with Crippen molar-refractivity contribution in [1.29, 1.82) is 0 Å². The van der Waals surface area contributed by atoms with Crippen LogP contribution in [0.4, 0.5) is 0 Å². The molecule has 0 saturated heterocycles. The van der Waals surface area contributed by atoms with Crippen LogP contribution in [0.25, 0.3) is 0 Å². The maximum atomic E-state index is 11.4. The van der Waals surface area contributed by atoms with E-state index in [1.54, 1.807) is 6.92 Å². The fraction of sp³-hybridized carbons (Fsp3) is 0.350. The monoisotopic (exact) mass is 310 g/mol. The van der Waals surface area contributed by atoms with Crippen LogP contribution in [-0.2, 0) is 17.9 Å². The standard InChI is InChI=1S/C20H26N2O/c1-3-20(21-17(2)23)16-22(14-18-10-6-4-7-11-18)15-19-12-8-5-9-13-19/h4-13,20H,3,14-16H2,1-2H3,(H,21,23)/t20-/m1/s1. The topological polar surface area (TPSA) is 32.3 Å². The Morgan fingerprint density at radius 3 is 1.83 bits per heavy atom. The van der Waals surface area contributed by atoms with Gasteiger partial charge in [0.2, 0.25) is 5.91 Å². The van der Waals surface area contributed by atoms with Crippen LogP contribution >= 0.6 is 0 Å². The molecule has 0 aromatic heterocycles. The molecule has 2 aromatic rings. The molecule has 1 atom stereocenters. The molecule has 2 aromatic carbocycles. The molecule has 0 bridgehead atoms. The molecule has 2 rings (SSSR count). The van der Waals surface area contributed by atoms with Gasteiger partial charge in [-0.1, -0.05) is 67.6 Å². The summed E-state index contributed by atoms with van der Waals surface area (Å²) in [6.45, 7) is 6.31. The predicted octanol–water partition coefficient (Wildman–Crippen LogP) is 3.60. The largest absolute Gasteiger partial charge is 0.352 e. The van der Waals surface area contributed by atoms with Gasteiger partial charge in [0.15, 0.2) is 0 Å². The molecule has 1 amide bonds. The van der Waals surface area contributed by atoms with Gasteiger partial charge in [0.05, 0.1) is 0 Å².